The van der Waals surface area contributed by atoms with Gasteiger partial charge in [0.2, 0.25) is 0 Å². The first-order valence-electron chi connectivity index (χ1n) is 5.78. The standard InChI is InChI=1S/C13H9Cl3N2O3S/c14-9-1-4-13(12(16)6-9)22(20,21)18-17-7-8-5-10(19)2-3-11(8)15/h1-7,18-19H. The molecule has 0 saturated carbocycles. The largest absolute Gasteiger partial charge is 0.508 e. The molecule has 116 valence electrons. The number of hydrogen-bond donors (Lipinski definition) is 2. The van der Waals surface area contributed by atoms with Crippen molar-refractivity contribution in [1.82, 2.24) is 4.83 Å². The number of aromatic hydroxyl groups is 1. The van der Waals surface area contributed by atoms with Crippen molar-refractivity contribution in [1.29, 1.82) is 0 Å². The van der Waals surface area contributed by atoms with E-state index in [2.05, 4.69) is 5.10 Å². The van der Waals surface area contributed by atoms with Crippen LogP contribution in [-0.4, -0.2) is 19.7 Å². The summed E-state index contributed by atoms with van der Waals surface area (Å²) in [6.07, 6.45) is 1.17. The van der Waals surface area contributed by atoms with Crippen LogP contribution in [0.2, 0.25) is 15.1 Å². The van der Waals surface area contributed by atoms with Gasteiger partial charge in [0, 0.05) is 15.6 Å². The smallest absolute Gasteiger partial charge is 0.278 e. The molecule has 0 heterocycles. The van der Waals surface area contributed by atoms with Crippen molar-refractivity contribution in [2.75, 3.05) is 0 Å². The third-order valence-corrected chi connectivity index (χ3v) is 4.82. The molecule has 0 amide bonds. The molecular formula is C13H9Cl3N2O3S. The summed E-state index contributed by atoms with van der Waals surface area (Å²) >= 11 is 17.5. The van der Waals surface area contributed by atoms with Gasteiger partial charge in [-0.25, -0.2) is 4.83 Å². The number of nitrogens with zero attached hydrogens (tertiary/aromatic N) is 1. The van der Waals surface area contributed by atoms with Crippen LogP contribution in [0.5, 0.6) is 5.75 Å². The second kappa shape index (κ2) is 6.75. The molecule has 5 nitrogen and oxygen atoms in total. The second-order valence-corrected chi connectivity index (χ2v) is 7.01. The van der Waals surface area contributed by atoms with Crippen LogP contribution in [0.3, 0.4) is 0 Å². The fraction of sp³-hybridized carbons (Fsp3) is 0. The van der Waals surface area contributed by atoms with Gasteiger partial charge in [-0.2, -0.15) is 13.5 Å². The molecule has 0 radical (unpaired) electrons. The summed E-state index contributed by atoms with van der Waals surface area (Å²) in [5.74, 6) is -0.0190. The molecule has 0 fully saturated rings. The molecule has 9 heteroatoms. The molecule has 0 spiro atoms. The van der Waals surface area contributed by atoms with Crippen molar-refractivity contribution in [3.63, 3.8) is 0 Å². The van der Waals surface area contributed by atoms with E-state index in [1.165, 1.54) is 42.6 Å². The third kappa shape index (κ3) is 4.04. The van der Waals surface area contributed by atoms with Crippen LogP contribution in [0.4, 0.5) is 0 Å². The molecule has 0 aromatic heterocycles. The van der Waals surface area contributed by atoms with E-state index >= 15 is 0 Å². The van der Waals surface area contributed by atoms with Gasteiger partial charge in [0.1, 0.15) is 10.6 Å². The first-order chi connectivity index (χ1) is 10.3. The molecule has 0 atom stereocenters. The maximum Gasteiger partial charge on any atom is 0.278 e. The van der Waals surface area contributed by atoms with Crippen molar-refractivity contribution >= 4 is 51.0 Å². The number of phenols is 1. The minimum absolute atomic E-state index is 0.0190. The van der Waals surface area contributed by atoms with E-state index in [0.717, 1.165) is 0 Å². The molecule has 22 heavy (non-hydrogen) atoms. The van der Waals surface area contributed by atoms with Gasteiger partial charge in [-0.1, -0.05) is 34.8 Å². The van der Waals surface area contributed by atoms with E-state index in [9.17, 15) is 13.5 Å². The molecular weight excluding hydrogens is 371 g/mol. The number of rotatable bonds is 4. The Balaban J connectivity index is 2.22. The SMILES string of the molecule is O=S(=O)(NN=Cc1cc(O)ccc1Cl)c1ccc(Cl)cc1Cl. The topological polar surface area (TPSA) is 78.8 Å². The Hall–Kier alpha value is -1.47. The first-order valence-corrected chi connectivity index (χ1v) is 8.40. The van der Waals surface area contributed by atoms with E-state index in [4.69, 9.17) is 34.8 Å². The normalized spacial score (nSPS) is 11.8. The van der Waals surface area contributed by atoms with Crippen molar-refractivity contribution in [2.45, 2.75) is 4.90 Å². The first kappa shape index (κ1) is 16.9. The molecule has 0 bridgehead atoms. The highest BCUT2D eigenvalue weighted by molar-refractivity contribution is 7.89. The lowest BCUT2D eigenvalue weighted by molar-refractivity contribution is 0.475. The van der Waals surface area contributed by atoms with Crippen LogP contribution >= 0.6 is 34.8 Å². The number of halogens is 3. The van der Waals surface area contributed by atoms with Crippen molar-refractivity contribution in [3.05, 3.63) is 57.0 Å². The summed E-state index contributed by atoms with van der Waals surface area (Å²) in [4.78, 5) is 1.85. The Morgan fingerprint density at radius 2 is 1.77 bits per heavy atom. The average molecular weight is 380 g/mol. The highest BCUT2D eigenvalue weighted by atomic mass is 35.5. The zero-order chi connectivity index (χ0) is 16.3. The Morgan fingerprint density at radius 1 is 1.05 bits per heavy atom. The lowest BCUT2D eigenvalue weighted by Crippen LogP contribution is -2.18. The summed E-state index contributed by atoms with van der Waals surface area (Å²) < 4.78 is 24.1. The summed E-state index contributed by atoms with van der Waals surface area (Å²) in [7, 11) is -3.94. The van der Waals surface area contributed by atoms with Crippen LogP contribution in [0.25, 0.3) is 0 Å². The average Bonchev–Trinajstić information content (AvgIpc) is 2.42. The van der Waals surface area contributed by atoms with Crippen molar-refractivity contribution in [3.8, 4) is 5.75 Å². The van der Waals surface area contributed by atoms with E-state index in [1.54, 1.807) is 0 Å². The molecule has 0 unspecified atom stereocenters. The fourth-order valence-electron chi connectivity index (χ4n) is 1.54. The molecule has 2 N–H and O–H groups in total. The van der Waals surface area contributed by atoms with E-state index in [1.807, 2.05) is 4.83 Å². The van der Waals surface area contributed by atoms with Gasteiger partial charge >= 0.3 is 0 Å². The quantitative estimate of drug-likeness (QED) is 0.628. The number of hydrazone groups is 1. The number of sulfonamides is 1. The molecule has 2 aromatic rings. The monoisotopic (exact) mass is 378 g/mol. The van der Waals surface area contributed by atoms with Gasteiger partial charge in [0.05, 0.1) is 11.2 Å². The number of benzene rings is 2. The van der Waals surface area contributed by atoms with Gasteiger partial charge < -0.3 is 5.11 Å². The predicted molar refractivity (Wildman–Crippen MR) is 87.5 cm³/mol. The minimum atomic E-state index is -3.94. The van der Waals surface area contributed by atoms with Gasteiger partial charge in [0.15, 0.2) is 0 Å². The van der Waals surface area contributed by atoms with Gasteiger partial charge in [-0.05, 0) is 36.4 Å². The molecule has 2 aromatic carbocycles. The highest BCUT2D eigenvalue weighted by Crippen LogP contribution is 2.25. The lowest BCUT2D eigenvalue weighted by atomic mass is 10.2. The second-order valence-electron chi connectivity index (χ2n) is 4.13. The van der Waals surface area contributed by atoms with Gasteiger partial charge in [0.25, 0.3) is 10.0 Å². The lowest BCUT2D eigenvalue weighted by Gasteiger charge is -2.06. The zero-order valence-corrected chi connectivity index (χ0v) is 13.9. The number of phenolic OH excluding ortho intramolecular Hbond substituents is 1. The van der Waals surface area contributed by atoms with E-state index < -0.39 is 10.0 Å². The zero-order valence-electron chi connectivity index (χ0n) is 10.8. The maximum atomic E-state index is 12.1. The molecule has 2 rings (SSSR count). The van der Waals surface area contributed by atoms with Crippen LogP contribution in [0.15, 0.2) is 46.4 Å². The fourth-order valence-corrected chi connectivity index (χ4v) is 3.27. The Labute approximate surface area is 142 Å². The van der Waals surface area contributed by atoms with Crippen LogP contribution < -0.4 is 4.83 Å². The summed E-state index contributed by atoms with van der Waals surface area (Å²) in [5.41, 5.74) is 0.353. The summed E-state index contributed by atoms with van der Waals surface area (Å²) in [5, 5.41) is 13.6. The maximum absolute atomic E-state index is 12.1. The van der Waals surface area contributed by atoms with Crippen LogP contribution in [-0.2, 0) is 10.0 Å². The van der Waals surface area contributed by atoms with Gasteiger partial charge in [-0.15, -0.1) is 0 Å². The highest BCUT2D eigenvalue weighted by Gasteiger charge is 2.17. The van der Waals surface area contributed by atoms with E-state index in [-0.39, 0.29) is 15.7 Å². The molecule has 0 aliphatic heterocycles. The number of hydrogen-bond acceptors (Lipinski definition) is 4. The number of nitrogens with one attached hydrogen (secondary N) is 1. The summed E-state index contributed by atoms with van der Waals surface area (Å²) in [6, 6.07) is 8.19. The molecule has 0 aliphatic rings. The van der Waals surface area contributed by atoms with Gasteiger partial charge in [-0.3, -0.25) is 0 Å². The Bertz CT molecular complexity index is 838. The van der Waals surface area contributed by atoms with Crippen molar-refractivity contribution < 1.29 is 13.5 Å². The summed E-state index contributed by atoms with van der Waals surface area (Å²) in [6.45, 7) is 0. The van der Waals surface area contributed by atoms with E-state index in [0.29, 0.717) is 15.6 Å². The Kier molecular flexibility index (Phi) is 5.18. The van der Waals surface area contributed by atoms with Crippen LogP contribution in [0.1, 0.15) is 5.56 Å². The predicted octanol–water partition coefficient (Wildman–Crippen LogP) is 3.66. The van der Waals surface area contributed by atoms with Crippen molar-refractivity contribution in [2.24, 2.45) is 5.10 Å². The minimum Gasteiger partial charge on any atom is -0.508 e. The molecule has 0 aliphatic carbocycles. The Morgan fingerprint density at radius 3 is 2.45 bits per heavy atom. The third-order valence-electron chi connectivity index (χ3n) is 2.54. The van der Waals surface area contributed by atoms with Crippen LogP contribution in [0, 0.1) is 0 Å². The molecule has 0 saturated heterocycles.